The third-order valence-corrected chi connectivity index (χ3v) is 3.69. The van der Waals surface area contributed by atoms with Gasteiger partial charge in [-0.3, -0.25) is 0 Å². The molecule has 1 saturated carbocycles. The molecule has 0 bridgehead atoms. The minimum absolute atomic E-state index is 0.104. The molecule has 0 heterocycles. The lowest BCUT2D eigenvalue weighted by atomic mass is 9.89. The molecule has 0 saturated heterocycles. The second-order valence-electron chi connectivity index (χ2n) is 5.30. The van der Waals surface area contributed by atoms with Crippen molar-refractivity contribution in [2.45, 2.75) is 57.9 Å². The highest BCUT2D eigenvalue weighted by molar-refractivity contribution is 5.38. The summed E-state index contributed by atoms with van der Waals surface area (Å²) in [7, 11) is 0. The van der Waals surface area contributed by atoms with Gasteiger partial charge in [0.05, 0.1) is 6.10 Å². The minimum atomic E-state index is -1.37. The fraction of sp³-hybridized carbons (Fsp3) is 0.556. The molecule has 0 aliphatic heterocycles. The molecule has 1 aromatic rings. The van der Waals surface area contributed by atoms with Crippen molar-refractivity contribution in [3.05, 3.63) is 35.4 Å². The lowest BCUT2D eigenvalue weighted by molar-refractivity contribution is 0.166. The van der Waals surface area contributed by atoms with Crippen molar-refractivity contribution >= 4 is 0 Å². The van der Waals surface area contributed by atoms with Crippen molar-refractivity contribution in [3.63, 3.8) is 0 Å². The van der Waals surface area contributed by atoms with Crippen molar-refractivity contribution in [1.82, 2.24) is 0 Å². The molecule has 19 heavy (non-hydrogen) atoms. The largest absolute Gasteiger partial charge is 0.388 e. The number of aliphatic hydroxyl groups is 1. The first-order valence-corrected chi connectivity index (χ1v) is 7.24. The van der Waals surface area contributed by atoms with Crippen LogP contribution in [0.15, 0.2) is 24.3 Å². The maximum absolute atomic E-state index is 10.1. The highest BCUT2D eigenvalue weighted by Crippen LogP contribution is 2.23. The molecule has 1 atom stereocenters. The monoisotopic (exact) mass is 258 g/mol. The number of benzene rings is 1. The summed E-state index contributed by atoms with van der Waals surface area (Å²) < 4.78 is 15.1. The van der Waals surface area contributed by atoms with Crippen molar-refractivity contribution in [2.75, 3.05) is 0 Å². The Hall–Kier alpha value is -1.26. The van der Waals surface area contributed by atoms with Gasteiger partial charge in [0.25, 0.3) is 0 Å². The number of rotatable bonds is 3. The van der Waals surface area contributed by atoms with Crippen molar-refractivity contribution in [1.29, 1.82) is 0 Å². The Kier molecular flexibility index (Phi) is 4.48. The first kappa shape index (κ1) is 11.6. The van der Waals surface area contributed by atoms with Gasteiger partial charge in [-0.1, -0.05) is 56.5 Å². The quantitative estimate of drug-likeness (QED) is 0.794. The Bertz CT molecular complexity index is 516. The van der Waals surface area contributed by atoms with Crippen LogP contribution in [0.4, 0.5) is 0 Å². The highest BCUT2D eigenvalue weighted by atomic mass is 16.3. The van der Waals surface area contributed by atoms with Gasteiger partial charge in [0.15, 0.2) is 0 Å². The number of hydrogen-bond acceptors (Lipinski definition) is 1. The summed E-state index contributed by atoms with van der Waals surface area (Å²) in [5, 5.41) is 10.1. The van der Waals surface area contributed by atoms with E-state index in [2.05, 4.69) is 11.8 Å². The molecule has 0 amide bonds. The summed E-state index contributed by atoms with van der Waals surface area (Å²) in [5.41, 5.74) is 1.66. The van der Waals surface area contributed by atoms with Gasteiger partial charge in [-0.2, -0.15) is 0 Å². The normalized spacial score (nSPS) is 19.9. The molecule has 102 valence electrons. The van der Waals surface area contributed by atoms with Crippen LogP contribution in [0.1, 0.15) is 71.8 Å². The molecule has 1 aliphatic rings. The Morgan fingerprint density at radius 3 is 2.89 bits per heavy atom. The van der Waals surface area contributed by atoms with Gasteiger partial charge in [0, 0.05) is 14.2 Å². The fourth-order valence-corrected chi connectivity index (χ4v) is 2.57. The average molecular weight is 258 g/mol. The summed E-state index contributed by atoms with van der Waals surface area (Å²) in [5.74, 6) is 7.08. The summed E-state index contributed by atoms with van der Waals surface area (Å²) in [6.07, 6.45) is 4.25. The molecule has 1 aromatic carbocycles. The van der Waals surface area contributed by atoms with E-state index in [-0.39, 0.29) is 6.42 Å². The lowest BCUT2D eigenvalue weighted by Crippen LogP contribution is -2.03. The standard InChI is InChI=1S/C18H24O/c1-2-7-18(19)17-11-6-10-16(14-17)13-12-15-8-4-3-5-9-15/h6,10-11,14-15,18-19H,2-5,7-9H2,1H3/i2D2. The van der Waals surface area contributed by atoms with E-state index in [1.54, 1.807) is 0 Å². The van der Waals surface area contributed by atoms with E-state index in [1.807, 2.05) is 24.3 Å². The van der Waals surface area contributed by atoms with Crippen LogP contribution in [0, 0.1) is 17.8 Å². The lowest BCUT2D eigenvalue weighted by Gasteiger charge is -2.15. The molecule has 0 radical (unpaired) electrons. The van der Waals surface area contributed by atoms with Crippen molar-refractivity contribution in [2.24, 2.45) is 5.92 Å². The molecular weight excluding hydrogens is 232 g/mol. The zero-order valence-electron chi connectivity index (χ0n) is 13.7. The molecule has 0 aromatic heterocycles. The zero-order chi connectivity index (χ0) is 15.3. The van der Waals surface area contributed by atoms with Gasteiger partial charge in [0.1, 0.15) is 0 Å². The topological polar surface area (TPSA) is 20.2 Å². The minimum Gasteiger partial charge on any atom is -0.388 e. The van der Waals surface area contributed by atoms with Gasteiger partial charge in [-0.05, 0) is 37.0 Å². The average Bonchev–Trinajstić information content (AvgIpc) is 2.45. The van der Waals surface area contributed by atoms with Crippen LogP contribution in [0.3, 0.4) is 0 Å². The second kappa shape index (κ2) is 7.36. The maximum Gasteiger partial charge on any atom is 0.0790 e. The van der Waals surface area contributed by atoms with Crippen LogP contribution in [0.2, 0.25) is 0 Å². The summed E-state index contributed by atoms with van der Waals surface area (Å²) in [6.45, 7) is 1.49. The van der Waals surface area contributed by atoms with E-state index in [0.717, 1.165) is 11.1 Å². The second-order valence-corrected chi connectivity index (χ2v) is 5.30. The number of aliphatic hydroxyl groups excluding tert-OH is 1. The SMILES string of the molecule is [2H]C([2H])(C)CC(O)c1cccc(C#CC2CCCCC2)c1. The predicted molar refractivity (Wildman–Crippen MR) is 79.8 cm³/mol. The van der Waals surface area contributed by atoms with Crippen molar-refractivity contribution < 1.29 is 7.85 Å². The van der Waals surface area contributed by atoms with Gasteiger partial charge < -0.3 is 5.11 Å². The Morgan fingerprint density at radius 2 is 2.16 bits per heavy atom. The van der Waals surface area contributed by atoms with Crippen LogP contribution < -0.4 is 0 Å². The molecule has 1 unspecified atom stereocenters. The summed E-state index contributed by atoms with van der Waals surface area (Å²) >= 11 is 0. The predicted octanol–water partition coefficient (Wildman–Crippen LogP) is 4.45. The van der Waals surface area contributed by atoms with Crippen LogP contribution in [0.5, 0.6) is 0 Å². The molecule has 1 fully saturated rings. The third-order valence-electron chi connectivity index (χ3n) is 3.69. The van der Waals surface area contributed by atoms with Crippen LogP contribution in [-0.2, 0) is 0 Å². The number of hydrogen-bond donors (Lipinski definition) is 1. The van der Waals surface area contributed by atoms with E-state index in [4.69, 9.17) is 2.74 Å². The smallest absolute Gasteiger partial charge is 0.0790 e. The molecule has 1 heteroatoms. The zero-order valence-corrected chi connectivity index (χ0v) is 11.7. The van der Waals surface area contributed by atoms with Crippen LogP contribution in [0.25, 0.3) is 0 Å². The summed E-state index contributed by atoms with van der Waals surface area (Å²) in [6, 6.07) is 7.55. The fourth-order valence-electron chi connectivity index (χ4n) is 2.57. The van der Waals surface area contributed by atoms with Crippen LogP contribution >= 0.6 is 0 Å². The van der Waals surface area contributed by atoms with E-state index in [1.165, 1.54) is 39.0 Å². The Balaban J connectivity index is 2.05. The molecule has 2 rings (SSSR count). The van der Waals surface area contributed by atoms with Gasteiger partial charge in [-0.15, -0.1) is 0 Å². The first-order chi connectivity index (χ1) is 9.94. The molecule has 1 N–H and O–H groups in total. The maximum atomic E-state index is 10.1. The van der Waals surface area contributed by atoms with E-state index >= 15 is 0 Å². The first-order valence-electron chi connectivity index (χ1n) is 8.24. The molecule has 1 aliphatic carbocycles. The highest BCUT2D eigenvalue weighted by Gasteiger charge is 2.10. The summed E-state index contributed by atoms with van der Waals surface area (Å²) in [4.78, 5) is 0. The van der Waals surface area contributed by atoms with Crippen molar-refractivity contribution in [3.8, 4) is 11.8 Å². The van der Waals surface area contributed by atoms with Gasteiger partial charge in [-0.25, -0.2) is 0 Å². The van der Waals surface area contributed by atoms with Crippen LogP contribution in [-0.4, -0.2) is 5.11 Å². The van der Waals surface area contributed by atoms with E-state index < -0.39 is 12.5 Å². The van der Waals surface area contributed by atoms with Gasteiger partial charge in [0.2, 0.25) is 0 Å². The Labute approximate surface area is 119 Å². The molecule has 0 spiro atoms. The Morgan fingerprint density at radius 1 is 1.37 bits per heavy atom. The molecule has 1 nitrogen and oxygen atoms in total. The molecular formula is C18H24O. The van der Waals surface area contributed by atoms with Gasteiger partial charge >= 0.3 is 0 Å². The van der Waals surface area contributed by atoms with E-state index in [0.29, 0.717) is 5.92 Å². The third kappa shape index (κ3) is 4.40. The van der Waals surface area contributed by atoms with E-state index in [9.17, 15) is 5.11 Å².